The van der Waals surface area contributed by atoms with Crippen molar-refractivity contribution in [3.8, 4) is 0 Å². The molecule has 2 N–H and O–H groups in total. The molecule has 5 nitrogen and oxygen atoms in total. The van der Waals surface area contributed by atoms with Crippen LogP contribution in [-0.2, 0) is 4.79 Å². The zero-order valence-corrected chi connectivity index (χ0v) is 13.6. The number of carboxylic acid groups (broad SMARTS) is 1. The topological polar surface area (TPSA) is 69.6 Å². The van der Waals surface area contributed by atoms with Crippen LogP contribution in [0, 0.1) is 5.92 Å². The first kappa shape index (κ1) is 17.8. The van der Waals surface area contributed by atoms with E-state index < -0.39 is 5.97 Å². The average molecular weight is 298 g/mol. The zero-order chi connectivity index (χ0) is 15.8. The first-order valence-electron chi connectivity index (χ1n) is 8.19. The molecule has 1 aliphatic carbocycles. The molecule has 0 bridgehead atoms. The Morgan fingerprint density at radius 2 is 1.86 bits per heavy atom. The standard InChI is InChI=1S/C16H30N2O3/c1-12(2)11-18(14-8-4-5-9-14)16(21)17-13(3)7-6-10-15(19)20/h12-14H,4-11H2,1-3H3,(H,17,21)(H,19,20). The van der Waals surface area contributed by atoms with E-state index in [0.29, 0.717) is 24.8 Å². The number of hydrogen-bond donors (Lipinski definition) is 2. The third-order valence-electron chi connectivity index (χ3n) is 3.99. The SMILES string of the molecule is CC(C)CN(C(=O)NC(C)CCCC(=O)O)C1CCCC1. The summed E-state index contributed by atoms with van der Waals surface area (Å²) in [5, 5.41) is 11.7. The monoisotopic (exact) mass is 298 g/mol. The Morgan fingerprint density at radius 3 is 2.38 bits per heavy atom. The van der Waals surface area contributed by atoms with Crippen molar-refractivity contribution in [2.24, 2.45) is 5.92 Å². The van der Waals surface area contributed by atoms with Gasteiger partial charge < -0.3 is 15.3 Å². The van der Waals surface area contributed by atoms with Gasteiger partial charge in [-0.3, -0.25) is 4.79 Å². The minimum Gasteiger partial charge on any atom is -0.481 e. The highest BCUT2D eigenvalue weighted by Crippen LogP contribution is 2.24. The summed E-state index contributed by atoms with van der Waals surface area (Å²) in [6.45, 7) is 7.00. The second kappa shape index (κ2) is 8.90. The molecule has 1 rings (SSSR count). The van der Waals surface area contributed by atoms with Crippen LogP contribution in [0.4, 0.5) is 4.79 Å². The molecule has 1 aliphatic rings. The lowest BCUT2D eigenvalue weighted by Crippen LogP contribution is -2.49. The van der Waals surface area contributed by atoms with Crippen LogP contribution >= 0.6 is 0 Å². The molecule has 0 aliphatic heterocycles. The highest BCUT2D eigenvalue weighted by Gasteiger charge is 2.27. The fourth-order valence-electron chi connectivity index (χ4n) is 2.93. The molecule has 5 heteroatoms. The van der Waals surface area contributed by atoms with E-state index in [9.17, 15) is 9.59 Å². The highest BCUT2D eigenvalue weighted by molar-refractivity contribution is 5.75. The predicted molar refractivity (Wildman–Crippen MR) is 83.3 cm³/mol. The smallest absolute Gasteiger partial charge is 0.317 e. The van der Waals surface area contributed by atoms with Crippen molar-refractivity contribution < 1.29 is 14.7 Å². The van der Waals surface area contributed by atoms with Gasteiger partial charge in [-0.15, -0.1) is 0 Å². The minimum atomic E-state index is -0.777. The van der Waals surface area contributed by atoms with E-state index in [-0.39, 0.29) is 18.5 Å². The number of carboxylic acids is 1. The first-order valence-corrected chi connectivity index (χ1v) is 8.19. The van der Waals surface area contributed by atoms with Crippen molar-refractivity contribution in [1.82, 2.24) is 10.2 Å². The number of nitrogens with one attached hydrogen (secondary N) is 1. The number of rotatable bonds is 8. The maximum absolute atomic E-state index is 12.5. The van der Waals surface area contributed by atoms with Gasteiger partial charge in [-0.1, -0.05) is 26.7 Å². The summed E-state index contributed by atoms with van der Waals surface area (Å²) in [6, 6.07) is 0.407. The van der Waals surface area contributed by atoms with Crippen molar-refractivity contribution in [2.45, 2.75) is 77.8 Å². The van der Waals surface area contributed by atoms with Gasteiger partial charge in [0.2, 0.25) is 0 Å². The third kappa shape index (κ3) is 6.82. The molecule has 1 saturated carbocycles. The fourth-order valence-corrected chi connectivity index (χ4v) is 2.93. The van der Waals surface area contributed by atoms with Gasteiger partial charge in [0.1, 0.15) is 0 Å². The van der Waals surface area contributed by atoms with Crippen LogP contribution in [0.2, 0.25) is 0 Å². The Kier molecular flexibility index (Phi) is 7.54. The zero-order valence-electron chi connectivity index (χ0n) is 13.6. The van der Waals surface area contributed by atoms with E-state index in [1.165, 1.54) is 12.8 Å². The molecule has 21 heavy (non-hydrogen) atoms. The molecule has 1 atom stereocenters. The summed E-state index contributed by atoms with van der Waals surface area (Å²) in [6.07, 6.45) is 6.10. The number of nitrogens with zero attached hydrogens (tertiary/aromatic N) is 1. The summed E-state index contributed by atoms with van der Waals surface area (Å²) >= 11 is 0. The lowest BCUT2D eigenvalue weighted by molar-refractivity contribution is -0.137. The van der Waals surface area contributed by atoms with E-state index in [2.05, 4.69) is 19.2 Å². The predicted octanol–water partition coefficient (Wildman–Crippen LogP) is 3.24. The van der Waals surface area contributed by atoms with Gasteiger partial charge in [0, 0.05) is 25.0 Å². The molecule has 0 aromatic heterocycles. The van der Waals surface area contributed by atoms with Gasteiger partial charge in [0.25, 0.3) is 0 Å². The van der Waals surface area contributed by atoms with Crippen molar-refractivity contribution >= 4 is 12.0 Å². The van der Waals surface area contributed by atoms with Crippen LogP contribution in [0.3, 0.4) is 0 Å². The number of carbonyl (C=O) groups is 2. The molecule has 0 aromatic rings. The summed E-state index contributed by atoms with van der Waals surface area (Å²) in [5.41, 5.74) is 0. The molecular weight excluding hydrogens is 268 g/mol. The highest BCUT2D eigenvalue weighted by atomic mass is 16.4. The van der Waals surface area contributed by atoms with Crippen molar-refractivity contribution in [3.05, 3.63) is 0 Å². The van der Waals surface area contributed by atoms with Gasteiger partial charge in [-0.25, -0.2) is 4.79 Å². The maximum Gasteiger partial charge on any atom is 0.317 e. The number of amides is 2. The van der Waals surface area contributed by atoms with E-state index in [1.807, 2.05) is 11.8 Å². The van der Waals surface area contributed by atoms with Crippen LogP contribution in [-0.4, -0.2) is 40.6 Å². The molecular formula is C16H30N2O3. The van der Waals surface area contributed by atoms with Gasteiger partial charge in [-0.05, 0) is 38.5 Å². The molecule has 0 spiro atoms. The van der Waals surface area contributed by atoms with Gasteiger partial charge in [-0.2, -0.15) is 0 Å². The van der Waals surface area contributed by atoms with Gasteiger partial charge >= 0.3 is 12.0 Å². The Bertz CT molecular complexity index is 338. The van der Waals surface area contributed by atoms with Crippen molar-refractivity contribution in [2.75, 3.05) is 6.54 Å². The van der Waals surface area contributed by atoms with E-state index in [4.69, 9.17) is 5.11 Å². The summed E-state index contributed by atoms with van der Waals surface area (Å²) in [5.74, 6) is -0.320. The van der Waals surface area contributed by atoms with Crippen LogP contribution in [0.15, 0.2) is 0 Å². The first-order chi connectivity index (χ1) is 9.90. The van der Waals surface area contributed by atoms with Crippen molar-refractivity contribution in [1.29, 1.82) is 0 Å². The normalized spacial score (nSPS) is 17.0. The van der Waals surface area contributed by atoms with Crippen LogP contribution in [0.1, 0.15) is 65.7 Å². The number of aliphatic carboxylic acids is 1. The molecule has 0 heterocycles. The second-order valence-electron chi connectivity index (χ2n) is 6.62. The molecule has 0 radical (unpaired) electrons. The van der Waals surface area contributed by atoms with Gasteiger partial charge in [0.15, 0.2) is 0 Å². The largest absolute Gasteiger partial charge is 0.481 e. The van der Waals surface area contributed by atoms with E-state index in [1.54, 1.807) is 0 Å². The van der Waals surface area contributed by atoms with Crippen molar-refractivity contribution in [3.63, 3.8) is 0 Å². The molecule has 122 valence electrons. The summed E-state index contributed by atoms with van der Waals surface area (Å²) in [7, 11) is 0. The summed E-state index contributed by atoms with van der Waals surface area (Å²) < 4.78 is 0. The molecule has 1 fully saturated rings. The van der Waals surface area contributed by atoms with Crippen LogP contribution in [0.5, 0.6) is 0 Å². The molecule has 2 amide bonds. The minimum absolute atomic E-state index is 0.0124. The molecule has 0 saturated heterocycles. The van der Waals surface area contributed by atoms with Gasteiger partial charge in [0.05, 0.1) is 0 Å². The van der Waals surface area contributed by atoms with Crippen LogP contribution in [0.25, 0.3) is 0 Å². The lowest BCUT2D eigenvalue weighted by atomic mass is 10.1. The lowest BCUT2D eigenvalue weighted by Gasteiger charge is -2.32. The Hall–Kier alpha value is -1.26. The number of urea groups is 1. The second-order valence-corrected chi connectivity index (χ2v) is 6.62. The third-order valence-corrected chi connectivity index (χ3v) is 3.99. The Morgan fingerprint density at radius 1 is 1.24 bits per heavy atom. The summed E-state index contributed by atoms with van der Waals surface area (Å²) in [4.78, 5) is 25.0. The number of carbonyl (C=O) groups excluding carboxylic acids is 1. The average Bonchev–Trinajstić information content (AvgIpc) is 2.88. The van der Waals surface area contributed by atoms with E-state index >= 15 is 0 Å². The molecule has 1 unspecified atom stereocenters. The fraction of sp³-hybridized carbons (Fsp3) is 0.875. The Balaban J connectivity index is 2.45. The van der Waals surface area contributed by atoms with Crippen LogP contribution < -0.4 is 5.32 Å². The Labute approximate surface area is 128 Å². The number of hydrogen-bond acceptors (Lipinski definition) is 2. The maximum atomic E-state index is 12.5. The molecule has 0 aromatic carbocycles. The van der Waals surface area contributed by atoms with E-state index in [0.717, 1.165) is 19.4 Å². The quantitative estimate of drug-likeness (QED) is 0.722.